The molecule has 0 atom stereocenters. The van der Waals surface area contributed by atoms with Crippen molar-refractivity contribution in [2.45, 2.75) is 0 Å². The van der Waals surface area contributed by atoms with Crippen molar-refractivity contribution < 1.29 is 14.3 Å². The Morgan fingerprint density at radius 3 is 2.91 bits per heavy atom. The van der Waals surface area contributed by atoms with Gasteiger partial charge in [0.2, 0.25) is 5.88 Å². The summed E-state index contributed by atoms with van der Waals surface area (Å²) < 4.78 is 9.30. The summed E-state index contributed by atoms with van der Waals surface area (Å²) in [5.41, 5.74) is 1.53. The number of rotatable bonds is 2. The number of carbonyl (C=O) groups excluding carboxylic acids is 1. The van der Waals surface area contributed by atoms with Crippen molar-refractivity contribution in [2.24, 2.45) is 0 Å². The molecule has 0 spiro atoms. The first-order valence-electron chi connectivity index (χ1n) is 2.85. The smallest absolute Gasteiger partial charge is 0.353 e. The van der Waals surface area contributed by atoms with Gasteiger partial charge >= 0.3 is 5.97 Å². The molecule has 0 N–H and O–H groups in total. The number of thiazole rings is 1. The lowest BCUT2D eigenvalue weighted by Crippen LogP contribution is -2.00. The minimum absolute atomic E-state index is 0.321. The Morgan fingerprint density at radius 2 is 2.36 bits per heavy atom. The van der Waals surface area contributed by atoms with Crippen molar-refractivity contribution in [2.75, 3.05) is 14.2 Å². The van der Waals surface area contributed by atoms with Crippen LogP contribution >= 0.6 is 11.3 Å². The van der Waals surface area contributed by atoms with Gasteiger partial charge in [-0.25, -0.2) is 9.78 Å². The van der Waals surface area contributed by atoms with Crippen LogP contribution in [-0.4, -0.2) is 25.2 Å². The fourth-order valence-electron chi connectivity index (χ4n) is 0.609. The van der Waals surface area contributed by atoms with Crippen molar-refractivity contribution in [3.8, 4) is 5.88 Å². The summed E-state index contributed by atoms with van der Waals surface area (Å²) in [6.07, 6.45) is 0. The van der Waals surface area contributed by atoms with E-state index in [1.807, 2.05) is 0 Å². The second-order valence-corrected chi connectivity index (χ2v) is 2.54. The Hall–Kier alpha value is -1.10. The predicted octanol–water partition coefficient (Wildman–Crippen LogP) is 0.938. The summed E-state index contributed by atoms with van der Waals surface area (Å²) in [6.45, 7) is 0. The first-order valence-corrected chi connectivity index (χ1v) is 3.73. The summed E-state index contributed by atoms with van der Waals surface area (Å²) in [5, 5.41) is 0. The monoisotopic (exact) mass is 173 g/mol. The van der Waals surface area contributed by atoms with E-state index in [1.54, 1.807) is 0 Å². The summed E-state index contributed by atoms with van der Waals surface area (Å²) in [7, 11) is 2.78. The van der Waals surface area contributed by atoms with Crippen molar-refractivity contribution in [3.05, 3.63) is 10.4 Å². The fourth-order valence-corrected chi connectivity index (χ4v) is 1.28. The Balaban J connectivity index is 2.92. The molecular weight excluding hydrogens is 166 g/mol. The van der Waals surface area contributed by atoms with Crippen LogP contribution in [0.2, 0.25) is 0 Å². The number of methoxy groups -OCH3 is 2. The van der Waals surface area contributed by atoms with Crippen LogP contribution in [0.5, 0.6) is 5.88 Å². The molecule has 5 heteroatoms. The van der Waals surface area contributed by atoms with E-state index >= 15 is 0 Å². The Kier molecular flexibility index (Phi) is 2.43. The first kappa shape index (κ1) is 8.00. The van der Waals surface area contributed by atoms with Gasteiger partial charge in [-0.3, -0.25) is 0 Å². The molecule has 0 bridgehead atoms. The molecule has 1 heterocycles. The number of aromatic nitrogens is 1. The number of carbonyl (C=O) groups is 1. The molecule has 0 fully saturated rings. The standard InChI is InChI=1S/C6H7NO3S/c1-9-5-4(6(8)10-2)11-3-7-5/h3H,1-2H3. The lowest BCUT2D eigenvalue weighted by Gasteiger charge is -1.96. The predicted molar refractivity (Wildman–Crippen MR) is 40.0 cm³/mol. The zero-order valence-electron chi connectivity index (χ0n) is 6.16. The maximum Gasteiger partial charge on any atom is 0.353 e. The van der Waals surface area contributed by atoms with Gasteiger partial charge in [-0.15, -0.1) is 11.3 Å². The van der Waals surface area contributed by atoms with Crippen molar-refractivity contribution in [1.29, 1.82) is 0 Å². The highest BCUT2D eigenvalue weighted by molar-refractivity contribution is 7.12. The zero-order chi connectivity index (χ0) is 8.27. The molecule has 0 aromatic carbocycles. The molecule has 0 aliphatic rings. The highest BCUT2D eigenvalue weighted by Gasteiger charge is 2.14. The van der Waals surface area contributed by atoms with Crippen LogP contribution in [0.15, 0.2) is 5.51 Å². The number of ether oxygens (including phenoxy) is 2. The van der Waals surface area contributed by atoms with Crippen LogP contribution in [0.25, 0.3) is 0 Å². The van der Waals surface area contributed by atoms with Gasteiger partial charge in [0.15, 0.2) is 4.88 Å². The van der Waals surface area contributed by atoms with E-state index in [1.165, 1.54) is 31.1 Å². The maximum atomic E-state index is 10.9. The SMILES string of the molecule is COC(=O)c1scnc1OC. The van der Waals surface area contributed by atoms with E-state index < -0.39 is 5.97 Å². The van der Waals surface area contributed by atoms with E-state index in [-0.39, 0.29) is 0 Å². The molecule has 4 nitrogen and oxygen atoms in total. The normalized spacial score (nSPS) is 9.27. The molecule has 1 aromatic heterocycles. The number of esters is 1. The lowest BCUT2D eigenvalue weighted by molar-refractivity contribution is 0.0602. The van der Waals surface area contributed by atoms with E-state index in [9.17, 15) is 4.79 Å². The highest BCUT2D eigenvalue weighted by atomic mass is 32.1. The van der Waals surface area contributed by atoms with E-state index in [0.717, 1.165) is 0 Å². The number of nitrogens with zero attached hydrogens (tertiary/aromatic N) is 1. The zero-order valence-corrected chi connectivity index (χ0v) is 6.97. The largest absolute Gasteiger partial charge is 0.480 e. The molecule has 0 unspecified atom stereocenters. The fraction of sp³-hybridized carbons (Fsp3) is 0.333. The van der Waals surface area contributed by atoms with Crippen LogP contribution in [0.4, 0.5) is 0 Å². The summed E-state index contributed by atoms with van der Waals surface area (Å²) in [6, 6.07) is 0. The van der Waals surface area contributed by atoms with Crippen LogP contribution in [-0.2, 0) is 4.74 Å². The van der Waals surface area contributed by atoms with Crippen LogP contribution in [0, 0.1) is 0 Å². The quantitative estimate of drug-likeness (QED) is 0.624. The van der Waals surface area contributed by atoms with Crippen LogP contribution in [0.3, 0.4) is 0 Å². The van der Waals surface area contributed by atoms with Gasteiger partial charge in [-0.1, -0.05) is 0 Å². The molecule has 0 aliphatic carbocycles. The average molecular weight is 173 g/mol. The Morgan fingerprint density at radius 1 is 1.64 bits per heavy atom. The minimum atomic E-state index is -0.413. The molecule has 1 rings (SSSR count). The van der Waals surface area contributed by atoms with E-state index in [4.69, 9.17) is 4.74 Å². The van der Waals surface area contributed by atoms with E-state index in [2.05, 4.69) is 9.72 Å². The van der Waals surface area contributed by atoms with Gasteiger partial charge in [0.05, 0.1) is 19.7 Å². The van der Waals surface area contributed by atoms with Crippen molar-refractivity contribution in [1.82, 2.24) is 4.98 Å². The molecule has 0 saturated carbocycles. The first-order chi connectivity index (χ1) is 5.29. The van der Waals surface area contributed by atoms with Crippen LogP contribution < -0.4 is 4.74 Å². The second kappa shape index (κ2) is 3.34. The molecule has 0 radical (unpaired) electrons. The van der Waals surface area contributed by atoms with Crippen molar-refractivity contribution in [3.63, 3.8) is 0 Å². The third kappa shape index (κ3) is 1.48. The third-order valence-corrected chi connectivity index (χ3v) is 1.89. The van der Waals surface area contributed by atoms with E-state index in [0.29, 0.717) is 10.8 Å². The Bertz CT molecular complexity index is 258. The molecule has 1 aromatic rings. The van der Waals surface area contributed by atoms with Crippen LogP contribution in [0.1, 0.15) is 9.67 Å². The molecule has 60 valence electrons. The summed E-state index contributed by atoms with van der Waals surface area (Å²) in [5.74, 6) is -0.0915. The molecule has 11 heavy (non-hydrogen) atoms. The summed E-state index contributed by atoms with van der Waals surface area (Å²) >= 11 is 1.20. The number of hydrogen-bond donors (Lipinski definition) is 0. The number of hydrogen-bond acceptors (Lipinski definition) is 5. The summed E-state index contributed by atoms with van der Waals surface area (Å²) in [4.78, 5) is 15.1. The van der Waals surface area contributed by atoms with Gasteiger partial charge in [0.25, 0.3) is 0 Å². The van der Waals surface area contributed by atoms with Gasteiger partial charge in [0, 0.05) is 0 Å². The minimum Gasteiger partial charge on any atom is -0.480 e. The van der Waals surface area contributed by atoms with Gasteiger partial charge in [-0.2, -0.15) is 0 Å². The van der Waals surface area contributed by atoms with Gasteiger partial charge in [0.1, 0.15) is 0 Å². The van der Waals surface area contributed by atoms with Crippen molar-refractivity contribution >= 4 is 17.3 Å². The molecule has 0 amide bonds. The highest BCUT2D eigenvalue weighted by Crippen LogP contribution is 2.20. The second-order valence-electron chi connectivity index (χ2n) is 1.68. The van der Waals surface area contributed by atoms with Gasteiger partial charge in [-0.05, 0) is 0 Å². The molecule has 0 saturated heterocycles. The molecule has 0 aliphatic heterocycles. The molecular formula is C6H7NO3S. The lowest BCUT2D eigenvalue weighted by atomic mass is 10.5. The maximum absolute atomic E-state index is 10.9. The van der Waals surface area contributed by atoms with Gasteiger partial charge < -0.3 is 9.47 Å². The Labute approximate surface area is 67.8 Å². The topological polar surface area (TPSA) is 48.4 Å². The third-order valence-electron chi connectivity index (χ3n) is 1.10. The average Bonchev–Trinajstić information content (AvgIpc) is 2.50.